The number of halogens is 6. The first-order valence-corrected chi connectivity index (χ1v) is 6.36. The van der Waals surface area contributed by atoms with E-state index >= 15 is 0 Å². The van der Waals surface area contributed by atoms with Crippen LogP contribution in [0.5, 0.6) is 0 Å². The third-order valence-corrected chi connectivity index (χ3v) is 2.96. The summed E-state index contributed by atoms with van der Waals surface area (Å²) in [7, 11) is 0. The minimum Gasteiger partial charge on any atom is -0.376 e. The molecule has 0 radical (unpaired) electrons. The number of alkyl halides is 6. The lowest BCUT2D eigenvalue weighted by atomic mass is 10.1. The Labute approximate surface area is 117 Å². The fourth-order valence-electron chi connectivity index (χ4n) is 1.95. The molecule has 0 aromatic carbocycles. The lowest BCUT2D eigenvalue weighted by Crippen LogP contribution is -2.48. The standard InChI is InChI=1S/C11H16F6N2O2/c12-10(13,14)8(11(15,16)17)9(20)19-5-6-21-7-1-3-18-4-2-7/h7-8,18H,1-6H2,(H,19,20). The Hall–Kier alpha value is -1.03. The number of rotatable bonds is 5. The van der Waals surface area contributed by atoms with Gasteiger partial charge >= 0.3 is 12.4 Å². The van der Waals surface area contributed by atoms with Gasteiger partial charge < -0.3 is 15.4 Å². The molecule has 1 heterocycles. The van der Waals surface area contributed by atoms with Gasteiger partial charge in [0, 0.05) is 6.54 Å². The van der Waals surface area contributed by atoms with Crippen LogP contribution in [0.15, 0.2) is 0 Å². The first-order chi connectivity index (χ1) is 9.62. The van der Waals surface area contributed by atoms with Crippen molar-refractivity contribution in [2.45, 2.75) is 31.3 Å². The predicted molar refractivity (Wildman–Crippen MR) is 60.5 cm³/mol. The highest BCUT2D eigenvalue weighted by atomic mass is 19.4. The Kier molecular flexibility index (Phi) is 6.26. The molecular formula is C11H16F6N2O2. The molecule has 1 amide bonds. The van der Waals surface area contributed by atoms with Crippen LogP contribution in [-0.2, 0) is 9.53 Å². The van der Waals surface area contributed by atoms with E-state index in [0.717, 1.165) is 13.1 Å². The number of nitrogens with one attached hydrogen (secondary N) is 2. The van der Waals surface area contributed by atoms with Crippen molar-refractivity contribution < 1.29 is 35.9 Å². The molecule has 0 spiro atoms. The molecule has 1 rings (SSSR count). The zero-order valence-corrected chi connectivity index (χ0v) is 11.0. The van der Waals surface area contributed by atoms with Gasteiger partial charge in [0.05, 0.1) is 12.7 Å². The first-order valence-electron chi connectivity index (χ1n) is 6.36. The predicted octanol–water partition coefficient (Wildman–Crippen LogP) is 1.61. The molecule has 1 fully saturated rings. The van der Waals surface area contributed by atoms with Crippen LogP contribution in [0, 0.1) is 5.92 Å². The van der Waals surface area contributed by atoms with Crippen molar-refractivity contribution in [2.75, 3.05) is 26.2 Å². The third kappa shape index (κ3) is 6.08. The van der Waals surface area contributed by atoms with Crippen molar-refractivity contribution in [3.05, 3.63) is 0 Å². The Bertz CT molecular complexity index is 325. The van der Waals surface area contributed by atoms with E-state index in [9.17, 15) is 31.1 Å². The molecular weight excluding hydrogens is 306 g/mol. The summed E-state index contributed by atoms with van der Waals surface area (Å²) in [4.78, 5) is 11.1. The quantitative estimate of drug-likeness (QED) is 0.597. The van der Waals surface area contributed by atoms with Gasteiger partial charge in [-0.15, -0.1) is 0 Å². The Morgan fingerprint density at radius 2 is 1.67 bits per heavy atom. The van der Waals surface area contributed by atoms with E-state index in [1.165, 1.54) is 0 Å². The summed E-state index contributed by atoms with van der Waals surface area (Å²) in [6, 6.07) is 0. The average molecular weight is 322 g/mol. The van der Waals surface area contributed by atoms with E-state index in [-0.39, 0.29) is 12.7 Å². The minimum absolute atomic E-state index is 0.0934. The Balaban J connectivity index is 2.37. The van der Waals surface area contributed by atoms with Crippen molar-refractivity contribution in [1.82, 2.24) is 10.6 Å². The Morgan fingerprint density at radius 3 is 2.14 bits per heavy atom. The topological polar surface area (TPSA) is 50.4 Å². The number of carbonyl (C=O) groups is 1. The number of amides is 1. The van der Waals surface area contributed by atoms with E-state index in [0.29, 0.717) is 12.8 Å². The van der Waals surface area contributed by atoms with Gasteiger partial charge in [-0.25, -0.2) is 0 Å². The molecule has 0 bridgehead atoms. The molecule has 1 saturated heterocycles. The van der Waals surface area contributed by atoms with Gasteiger partial charge in [0.15, 0.2) is 0 Å². The van der Waals surface area contributed by atoms with Crippen LogP contribution in [0.25, 0.3) is 0 Å². The summed E-state index contributed by atoms with van der Waals surface area (Å²) in [6.07, 6.45) is -10.0. The van der Waals surface area contributed by atoms with Crippen LogP contribution in [0.2, 0.25) is 0 Å². The maximum Gasteiger partial charge on any atom is 0.409 e. The van der Waals surface area contributed by atoms with Crippen LogP contribution in [0.1, 0.15) is 12.8 Å². The fraction of sp³-hybridized carbons (Fsp3) is 0.909. The van der Waals surface area contributed by atoms with Crippen LogP contribution >= 0.6 is 0 Å². The molecule has 0 saturated carbocycles. The summed E-state index contributed by atoms with van der Waals surface area (Å²) >= 11 is 0. The van der Waals surface area contributed by atoms with E-state index in [1.54, 1.807) is 5.32 Å². The molecule has 2 N–H and O–H groups in total. The number of hydrogen-bond acceptors (Lipinski definition) is 3. The van der Waals surface area contributed by atoms with Crippen molar-refractivity contribution >= 4 is 5.91 Å². The fourth-order valence-corrected chi connectivity index (χ4v) is 1.95. The number of hydrogen-bond donors (Lipinski definition) is 2. The molecule has 0 aromatic heterocycles. The minimum atomic E-state index is -5.67. The van der Waals surface area contributed by atoms with Crippen molar-refractivity contribution in [2.24, 2.45) is 5.92 Å². The summed E-state index contributed by atoms with van der Waals surface area (Å²) < 4.78 is 78.8. The molecule has 0 aromatic rings. The van der Waals surface area contributed by atoms with Gasteiger partial charge in [-0.2, -0.15) is 26.3 Å². The van der Waals surface area contributed by atoms with Crippen LogP contribution in [0.4, 0.5) is 26.3 Å². The smallest absolute Gasteiger partial charge is 0.376 e. The highest BCUT2D eigenvalue weighted by Crippen LogP contribution is 2.39. The van der Waals surface area contributed by atoms with Crippen molar-refractivity contribution in [3.63, 3.8) is 0 Å². The van der Waals surface area contributed by atoms with Gasteiger partial charge in [-0.05, 0) is 25.9 Å². The van der Waals surface area contributed by atoms with Crippen LogP contribution in [0.3, 0.4) is 0 Å². The summed E-state index contributed by atoms with van der Waals surface area (Å²) in [6.45, 7) is 0.951. The van der Waals surface area contributed by atoms with Gasteiger partial charge in [-0.1, -0.05) is 0 Å². The molecule has 124 valence electrons. The number of carbonyl (C=O) groups excluding carboxylic acids is 1. The maximum absolute atomic E-state index is 12.2. The van der Waals surface area contributed by atoms with Gasteiger partial charge in [0.25, 0.3) is 0 Å². The lowest BCUT2D eigenvalue weighted by molar-refractivity contribution is -0.274. The SMILES string of the molecule is O=C(NCCOC1CCNCC1)C(C(F)(F)F)C(F)(F)F. The zero-order chi connectivity index (χ0) is 16.1. The molecule has 0 aliphatic carbocycles. The third-order valence-electron chi connectivity index (χ3n) is 2.96. The van der Waals surface area contributed by atoms with Gasteiger partial charge in [-0.3, -0.25) is 4.79 Å². The second kappa shape index (κ2) is 7.30. The summed E-state index contributed by atoms with van der Waals surface area (Å²) in [5.41, 5.74) is 0. The normalized spacial score (nSPS) is 18.0. The second-order valence-electron chi connectivity index (χ2n) is 4.63. The molecule has 0 atom stereocenters. The van der Waals surface area contributed by atoms with Crippen molar-refractivity contribution in [3.8, 4) is 0 Å². The summed E-state index contributed by atoms with van der Waals surface area (Å²) in [5, 5.41) is 4.69. The average Bonchev–Trinajstić information content (AvgIpc) is 2.32. The highest BCUT2D eigenvalue weighted by Gasteiger charge is 2.60. The van der Waals surface area contributed by atoms with E-state index in [2.05, 4.69) is 5.32 Å². The monoisotopic (exact) mass is 322 g/mol. The van der Waals surface area contributed by atoms with E-state index in [4.69, 9.17) is 4.74 Å². The van der Waals surface area contributed by atoms with Crippen molar-refractivity contribution in [1.29, 1.82) is 0 Å². The van der Waals surface area contributed by atoms with E-state index < -0.39 is 30.7 Å². The molecule has 1 aliphatic heterocycles. The van der Waals surface area contributed by atoms with E-state index in [1.807, 2.05) is 0 Å². The van der Waals surface area contributed by atoms with Gasteiger partial charge in [0.1, 0.15) is 0 Å². The molecule has 21 heavy (non-hydrogen) atoms. The van der Waals surface area contributed by atoms with Crippen LogP contribution < -0.4 is 10.6 Å². The first kappa shape index (κ1) is 18.0. The molecule has 1 aliphatic rings. The maximum atomic E-state index is 12.2. The Morgan fingerprint density at radius 1 is 1.14 bits per heavy atom. The van der Waals surface area contributed by atoms with Gasteiger partial charge in [0.2, 0.25) is 11.8 Å². The largest absolute Gasteiger partial charge is 0.409 e. The molecule has 10 heteroatoms. The molecule has 0 unspecified atom stereocenters. The lowest BCUT2D eigenvalue weighted by Gasteiger charge is -2.24. The highest BCUT2D eigenvalue weighted by molar-refractivity contribution is 5.80. The summed E-state index contributed by atoms with van der Waals surface area (Å²) in [5.74, 6) is -6.12. The number of ether oxygens (including phenoxy) is 1. The second-order valence-corrected chi connectivity index (χ2v) is 4.63. The number of piperidine rings is 1. The zero-order valence-electron chi connectivity index (χ0n) is 11.0. The molecule has 4 nitrogen and oxygen atoms in total. The van der Waals surface area contributed by atoms with Crippen LogP contribution in [-0.4, -0.2) is 50.6 Å².